The Kier molecular flexibility index (Phi) is 4.80. The van der Waals surface area contributed by atoms with E-state index in [-0.39, 0.29) is 17.5 Å². The fourth-order valence-electron chi connectivity index (χ4n) is 1.66. The summed E-state index contributed by atoms with van der Waals surface area (Å²) in [6.07, 6.45) is 3.06. The minimum atomic E-state index is 0.147. The van der Waals surface area contributed by atoms with E-state index in [1.807, 2.05) is 6.92 Å². The molecule has 80 valence electrons. The van der Waals surface area contributed by atoms with Crippen LogP contribution in [-0.4, -0.2) is 24.8 Å². The van der Waals surface area contributed by atoms with Gasteiger partial charge in [-0.05, 0) is 12.8 Å². The van der Waals surface area contributed by atoms with Crippen molar-refractivity contribution in [2.24, 2.45) is 5.92 Å². The standard InChI is InChI=1S/C11H18O3/c1-2-10(12)3-4-11(13)9-5-7-14-8-6-9/h9H,2-8H2,1H3. The van der Waals surface area contributed by atoms with Crippen LogP contribution in [0.1, 0.15) is 39.0 Å². The summed E-state index contributed by atoms with van der Waals surface area (Å²) < 4.78 is 5.18. The van der Waals surface area contributed by atoms with Gasteiger partial charge in [0, 0.05) is 38.4 Å². The van der Waals surface area contributed by atoms with E-state index in [0.717, 1.165) is 12.8 Å². The van der Waals surface area contributed by atoms with Crippen molar-refractivity contribution in [1.82, 2.24) is 0 Å². The molecule has 0 bridgehead atoms. The Labute approximate surface area is 84.8 Å². The average molecular weight is 198 g/mol. The molecule has 0 atom stereocenters. The maximum Gasteiger partial charge on any atom is 0.136 e. The van der Waals surface area contributed by atoms with Crippen molar-refractivity contribution in [1.29, 1.82) is 0 Å². The maximum absolute atomic E-state index is 11.6. The van der Waals surface area contributed by atoms with E-state index in [0.29, 0.717) is 32.5 Å². The number of Topliss-reactive ketones (excluding diaryl/α,β-unsaturated/α-hetero) is 2. The maximum atomic E-state index is 11.6. The zero-order valence-electron chi connectivity index (χ0n) is 8.75. The van der Waals surface area contributed by atoms with Gasteiger partial charge >= 0.3 is 0 Å². The van der Waals surface area contributed by atoms with Crippen molar-refractivity contribution >= 4 is 11.6 Å². The second-order valence-corrected chi connectivity index (χ2v) is 3.75. The molecule has 1 saturated heterocycles. The van der Waals surface area contributed by atoms with Crippen molar-refractivity contribution in [2.75, 3.05) is 13.2 Å². The van der Waals surface area contributed by atoms with Crippen LogP contribution in [0.3, 0.4) is 0 Å². The first-order chi connectivity index (χ1) is 6.74. The van der Waals surface area contributed by atoms with Crippen molar-refractivity contribution in [3.63, 3.8) is 0 Å². The Morgan fingerprint density at radius 3 is 2.43 bits per heavy atom. The van der Waals surface area contributed by atoms with E-state index in [9.17, 15) is 9.59 Å². The summed E-state index contributed by atoms with van der Waals surface area (Å²) in [5.41, 5.74) is 0. The third-order valence-electron chi connectivity index (χ3n) is 2.72. The number of ether oxygens (including phenoxy) is 1. The lowest BCUT2D eigenvalue weighted by Crippen LogP contribution is -2.23. The molecule has 1 fully saturated rings. The highest BCUT2D eigenvalue weighted by Gasteiger charge is 2.21. The first-order valence-electron chi connectivity index (χ1n) is 5.36. The number of rotatable bonds is 5. The molecule has 14 heavy (non-hydrogen) atoms. The van der Waals surface area contributed by atoms with Gasteiger partial charge in [-0.15, -0.1) is 0 Å². The Bertz CT molecular complexity index is 205. The summed E-state index contributed by atoms with van der Waals surface area (Å²) in [7, 11) is 0. The van der Waals surface area contributed by atoms with Crippen molar-refractivity contribution in [2.45, 2.75) is 39.0 Å². The molecule has 1 aliphatic heterocycles. The van der Waals surface area contributed by atoms with Gasteiger partial charge < -0.3 is 4.74 Å². The van der Waals surface area contributed by atoms with Crippen LogP contribution in [0.15, 0.2) is 0 Å². The topological polar surface area (TPSA) is 43.4 Å². The van der Waals surface area contributed by atoms with Gasteiger partial charge in [0.1, 0.15) is 11.6 Å². The second kappa shape index (κ2) is 5.91. The van der Waals surface area contributed by atoms with Gasteiger partial charge in [-0.2, -0.15) is 0 Å². The summed E-state index contributed by atoms with van der Waals surface area (Å²) in [6.45, 7) is 3.22. The van der Waals surface area contributed by atoms with E-state index < -0.39 is 0 Å². The molecule has 0 radical (unpaired) electrons. The monoisotopic (exact) mass is 198 g/mol. The van der Waals surface area contributed by atoms with Crippen molar-refractivity contribution in [3.8, 4) is 0 Å². The minimum absolute atomic E-state index is 0.147. The molecule has 0 amide bonds. The lowest BCUT2D eigenvalue weighted by atomic mass is 9.92. The molecule has 0 aromatic carbocycles. The highest BCUT2D eigenvalue weighted by Crippen LogP contribution is 2.18. The Hall–Kier alpha value is -0.700. The molecule has 1 rings (SSSR count). The lowest BCUT2D eigenvalue weighted by molar-refractivity contribution is -0.128. The van der Waals surface area contributed by atoms with E-state index in [1.165, 1.54) is 0 Å². The SMILES string of the molecule is CCC(=O)CCC(=O)C1CCOCC1. The highest BCUT2D eigenvalue weighted by molar-refractivity contribution is 5.87. The van der Waals surface area contributed by atoms with Crippen LogP contribution in [0.4, 0.5) is 0 Å². The van der Waals surface area contributed by atoms with Gasteiger partial charge in [-0.1, -0.05) is 6.92 Å². The number of hydrogen-bond donors (Lipinski definition) is 0. The fraction of sp³-hybridized carbons (Fsp3) is 0.818. The van der Waals surface area contributed by atoms with Gasteiger partial charge in [-0.3, -0.25) is 9.59 Å². The van der Waals surface area contributed by atoms with Gasteiger partial charge in [-0.25, -0.2) is 0 Å². The lowest BCUT2D eigenvalue weighted by Gasteiger charge is -2.20. The van der Waals surface area contributed by atoms with Crippen LogP contribution in [0, 0.1) is 5.92 Å². The molecule has 0 unspecified atom stereocenters. The molecule has 0 saturated carbocycles. The van der Waals surface area contributed by atoms with Gasteiger partial charge in [0.05, 0.1) is 0 Å². The summed E-state index contributed by atoms with van der Waals surface area (Å²) in [5, 5.41) is 0. The highest BCUT2D eigenvalue weighted by atomic mass is 16.5. The largest absolute Gasteiger partial charge is 0.381 e. The Morgan fingerprint density at radius 1 is 1.21 bits per heavy atom. The van der Waals surface area contributed by atoms with Crippen LogP contribution >= 0.6 is 0 Å². The number of ketones is 2. The summed E-state index contributed by atoms with van der Waals surface area (Å²) in [4.78, 5) is 22.6. The minimum Gasteiger partial charge on any atom is -0.381 e. The zero-order chi connectivity index (χ0) is 10.4. The van der Waals surface area contributed by atoms with E-state index >= 15 is 0 Å². The van der Waals surface area contributed by atoms with Crippen molar-refractivity contribution < 1.29 is 14.3 Å². The second-order valence-electron chi connectivity index (χ2n) is 3.75. The molecule has 0 aromatic heterocycles. The molecule has 0 aromatic rings. The van der Waals surface area contributed by atoms with E-state index in [4.69, 9.17) is 4.74 Å². The molecule has 3 nitrogen and oxygen atoms in total. The van der Waals surface area contributed by atoms with Crippen LogP contribution in [0.2, 0.25) is 0 Å². The fourth-order valence-corrected chi connectivity index (χ4v) is 1.66. The van der Waals surface area contributed by atoms with Crippen LogP contribution < -0.4 is 0 Å². The molecule has 0 N–H and O–H groups in total. The van der Waals surface area contributed by atoms with Gasteiger partial charge in [0.15, 0.2) is 0 Å². The first-order valence-corrected chi connectivity index (χ1v) is 5.36. The van der Waals surface area contributed by atoms with Crippen molar-refractivity contribution in [3.05, 3.63) is 0 Å². The molecule has 1 aliphatic rings. The Balaban J connectivity index is 2.23. The molecule has 0 aliphatic carbocycles. The van der Waals surface area contributed by atoms with Crippen LogP contribution in [0.25, 0.3) is 0 Å². The number of carbonyl (C=O) groups excluding carboxylic acids is 2. The summed E-state index contributed by atoms with van der Waals surface area (Å²) in [5.74, 6) is 0.578. The van der Waals surface area contributed by atoms with Crippen LogP contribution in [0.5, 0.6) is 0 Å². The third kappa shape index (κ3) is 3.58. The predicted molar refractivity (Wildman–Crippen MR) is 53.1 cm³/mol. The molecular weight excluding hydrogens is 180 g/mol. The van der Waals surface area contributed by atoms with E-state index in [1.54, 1.807) is 0 Å². The number of hydrogen-bond acceptors (Lipinski definition) is 3. The summed E-state index contributed by atoms with van der Waals surface area (Å²) in [6, 6.07) is 0. The van der Waals surface area contributed by atoms with Gasteiger partial charge in [0.2, 0.25) is 0 Å². The normalized spacial score (nSPS) is 18.1. The van der Waals surface area contributed by atoms with Crippen LogP contribution in [-0.2, 0) is 14.3 Å². The quantitative estimate of drug-likeness (QED) is 0.675. The summed E-state index contributed by atoms with van der Waals surface area (Å²) >= 11 is 0. The first kappa shape index (κ1) is 11.4. The molecule has 3 heteroatoms. The number of carbonyl (C=O) groups is 2. The zero-order valence-corrected chi connectivity index (χ0v) is 8.75. The third-order valence-corrected chi connectivity index (χ3v) is 2.72. The smallest absolute Gasteiger partial charge is 0.136 e. The average Bonchev–Trinajstić information content (AvgIpc) is 2.26. The molecule has 0 spiro atoms. The predicted octanol–water partition coefficient (Wildman–Crippen LogP) is 1.74. The van der Waals surface area contributed by atoms with Gasteiger partial charge in [0.25, 0.3) is 0 Å². The Morgan fingerprint density at radius 2 is 1.86 bits per heavy atom. The molecular formula is C11H18O3. The molecule has 1 heterocycles. The van der Waals surface area contributed by atoms with E-state index in [2.05, 4.69) is 0 Å².